The molecule has 100 valence electrons. The highest BCUT2D eigenvalue weighted by Gasteiger charge is 2.31. The minimum absolute atomic E-state index is 0.284. The van der Waals surface area contributed by atoms with Crippen molar-refractivity contribution in [2.24, 2.45) is 0 Å². The van der Waals surface area contributed by atoms with E-state index in [1.807, 2.05) is 0 Å². The van der Waals surface area contributed by atoms with Crippen molar-refractivity contribution < 1.29 is 19.6 Å². The Morgan fingerprint density at radius 1 is 1.00 bits per heavy atom. The quantitative estimate of drug-likeness (QED) is 0.464. The second-order valence-corrected chi connectivity index (χ2v) is 4.37. The van der Waals surface area contributed by atoms with E-state index in [-0.39, 0.29) is 11.8 Å². The van der Waals surface area contributed by atoms with Crippen molar-refractivity contribution in [2.75, 3.05) is 0 Å². The van der Waals surface area contributed by atoms with Gasteiger partial charge in [0.2, 0.25) is 0 Å². The van der Waals surface area contributed by atoms with Crippen molar-refractivity contribution >= 4 is 33.9 Å². The molecule has 11 heteroatoms. The smallest absolute Gasteiger partial charge is 0.287 e. The molecule has 0 spiro atoms. The number of hydrogen-bond acceptors (Lipinski definition) is 8. The summed E-state index contributed by atoms with van der Waals surface area (Å²) in [4.78, 5) is 39.6. The van der Waals surface area contributed by atoms with E-state index in [0.717, 1.165) is 6.92 Å². The molecule has 0 radical (unpaired) electrons. The van der Waals surface area contributed by atoms with E-state index in [1.54, 1.807) is 0 Å². The molecule has 0 aromatic heterocycles. The van der Waals surface area contributed by atoms with Crippen LogP contribution in [-0.4, -0.2) is 19.9 Å². The van der Waals surface area contributed by atoms with E-state index in [1.165, 1.54) is 0 Å². The zero-order valence-corrected chi connectivity index (χ0v) is 10.1. The third-order valence-electron chi connectivity index (χ3n) is 1.88. The number of nitrogens with zero attached hydrogens (tertiary/aromatic N) is 3. The molecule has 0 amide bonds. The van der Waals surface area contributed by atoms with Crippen molar-refractivity contribution in [3.63, 3.8) is 0 Å². The number of hydrogen-bond donors (Lipinski definition) is 0. The molecule has 0 atom stereocenters. The topological polar surface area (TPSA) is 146 Å². The van der Waals surface area contributed by atoms with Gasteiger partial charge in [0.25, 0.3) is 17.1 Å². The van der Waals surface area contributed by atoms with Crippen LogP contribution in [0.25, 0.3) is 0 Å². The van der Waals surface area contributed by atoms with Crippen LogP contribution in [0.4, 0.5) is 17.1 Å². The minimum Gasteiger partial charge on any atom is -0.287 e. The summed E-state index contributed by atoms with van der Waals surface area (Å²) in [6, 6.07) is 1.16. The van der Waals surface area contributed by atoms with Gasteiger partial charge >= 0.3 is 0 Å². The van der Waals surface area contributed by atoms with E-state index in [2.05, 4.69) is 0 Å². The predicted octanol–water partition coefficient (Wildman–Crippen LogP) is 2.05. The maximum atomic E-state index is 11.0. The van der Waals surface area contributed by atoms with Crippen LogP contribution in [0.2, 0.25) is 0 Å². The number of benzene rings is 1. The lowest BCUT2D eigenvalue weighted by Crippen LogP contribution is -2.00. The van der Waals surface area contributed by atoms with Crippen LogP contribution in [0.5, 0.6) is 0 Å². The summed E-state index contributed by atoms with van der Waals surface area (Å²) < 4.78 is 0. The average molecular weight is 287 g/mol. The molecule has 1 rings (SSSR count). The second-order valence-electron chi connectivity index (χ2n) is 3.18. The molecule has 1 aromatic carbocycles. The monoisotopic (exact) mass is 287 g/mol. The molecule has 19 heavy (non-hydrogen) atoms. The summed E-state index contributed by atoms with van der Waals surface area (Å²) in [5.74, 6) is 0. The van der Waals surface area contributed by atoms with Gasteiger partial charge < -0.3 is 0 Å². The van der Waals surface area contributed by atoms with Crippen LogP contribution >= 0.6 is 11.8 Å². The number of non-ortho nitro benzene ring substituents is 1. The highest BCUT2D eigenvalue weighted by Crippen LogP contribution is 2.40. The van der Waals surface area contributed by atoms with Gasteiger partial charge in [-0.1, -0.05) is 0 Å². The Kier molecular flexibility index (Phi) is 4.11. The standard InChI is InChI=1S/C8H5N3O7S/c1-4(12)19-8-6(10(15)16)2-5(9(13)14)3-7(8)11(17)18/h2-3H,1H3. The summed E-state index contributed by atoms with van der Waals surface area (Å²) in [7, 11) is 0. The summed E-state index contributed by atoms with van der Waals surface area (Å²) in [5, 5.41) is 31.5. The van der Waals surface area contributed by atoms with Gasteiger partial charge in [0.15, 0.2) is 10.0 Å². The van der Waals surface area contributed by atoms with Crippen molar-refractivity contribution in [3.05, 3.63) is 42.5 Å². The number of nitro benzene ring substituents is 3. The molecule has 0 fully saturated rings. The Balaban J connectivity index is 3.64. The van der Waals surface area contributed by atoms with Gasteiger partial charge in [-0.15, -0.1) is 0 Å². The normalized spacial score (nSPS) is 9.95. The van der Waals surface area contributed by atoms with E-state index >= 15 is 0 Å². The zero-order valence-electron chi connectivity index (χ0n) is 9.26. The van der Waals surface area contributed by atoms with Crippen molar-refractivity contribution in [2.45, 2.75) is 11.8 Å². The summed E-state index contributed by atoms with van der Waals surface area (Å²) >= 11 is 0.284. The minimum atomic E-state index is -1.01. The highest BCUT2D eigenvalue weighted by atomic mass is 32.2. The molecule has 0 bridgehead atoms. The van der Waals surface area contributed by atoms with Gasteiger partial charge in [0, 0.05) is 6.92 Å². The Morgan fingerprint density at radius 2 is 1.42 bits per heavy atom. The molecule has 0 unspecified atom stereocenters. The maximum absolute atomic E-state index is 11.0. The van der Waals surface area contributed by atoms with Crippen LogP contribution in [0, 0.1) is 30.3 Å². The van der Waals surface area contributed by atoms with E-state index in [4.69, 9.17) is 0 Å². The maximum Gasteiger partial charge on any atom is 0.297 e. The number of carbonyl (C=O) groups is 1. The van der Waals surface area contributed by atoms with E-state index < -0.39 is 41.8 Å². The number of rotatable bonds is 4. The molecule has 0 N–H and O–H groups in total. The lowest BCUT2D eigenvalue weighted by molar-refractivity contribution is -0.407. The first-order valence-corrected chi connectivity index (χ1v) is 5.35. The SMILES string of the molecule is CC(=O)Sc1c([N+](=O)[O-])cc([N+](=O)[O-])cc1[N+](=O)[O-]. The van der Waals surface area contributed by atoms with Crippen LogP contribution < -0.4 is 0 Å². The van der Waals surface area contributed by atoms with Gasteiger partial charge in [0.05, 0.1) is 26.9 Å². The molecule has 0 heterocycles. The van der Waals surface area contributed by atoms with E-state index in [0.29, 0.717) is 12.1 Å². The fourth-order valence-electron chi connectivity index (χ4n) is 1.21. The lowest BCUT2D eigenvalue weighted by Gasteiger charge is -2.02. The van der Waals surface area contributed by atoms with Crippen molar-refractivity contribution in [1.82, 2.24) is 0 Å². The molecule has 0 saturated carbocycles. The van der Waals surface area contributed by atoms with Gasteiger partial charge in [-0.3, -0.25) is 35.1 Å². The first-order chi connectivity index (χ1) is 8.73. The Morgan fingerprint density at radius 3 is 1.68 bits per heavy atom. The Bertz CT molecular complexity index is 565. The third kappa shape index (κ3) is 3.22. The Hall–Kier alpha value is -2.56. The first kappa shape index (κ1) is 14.5. The summed E-state index contributed by atoms with van der Waals surface area (Å²) in [6.45, 7) is 1.07. The third-order valence-corrected chi connectivity index (χ3v) is 2.79. The molecule has 0 aliphatic carbocycles. The van der Waals surface area contributed by atoms with Crippen LogP contribution in [-0.2, 0) is 4.79 Å². The van der Waals surface area contributed by atoms with E-state index in [9.17, 15) is 35.1 Å². The van der Waals surface area contributed by atoms with Crippen molar-refractivity contribution in [1.29, 1.82) is 0 Å². The summed E-state index contributed by atoms with van der Waals surface area (Å²) in [5.41, 5.74) is -2.48. The number of carbonyl (C=O) groups excluding carboxylic acids is 1. The van der Waals surface area contributed by atoms with Crippen molar-refractivity contribution in [3.8, 4) is 0 Å². The van der Waals surface area contributed by atoms with Crippen LogP contribution in [0.15, 0.2) is 17.0 Å². The zero-order chi connectivity index (χ0) is 14.7. The molecule has 0 aliphatic heterocycles. The molecule has 1 aromatic rings. The molecular weight excluding hydrogens is 282 g/mol. The summed E-state index contributed by atoms with van der Waals surface area (Å²) in [6.07, 6.45) is 0. The molecule has 0 saturated heterocycles. The number of thioether (sulfide) groups is 1. The second kappa shape index (κ2) is 5.39. The van der Waals surface area contributed by atoms with Crippen LogP contribution in [0.3, 0.4) is 0 Å². The highest BCUT2D eigenvalue weighted by molar-refractivity contribution is 8.13. The largest absolute Gasteiger partial charge is 0.297 e. The molecule has 10 nitrogen and oxygen atoms in total. The number of nitro groups is 3. The fraction of sp³-hybridized carbons (Fsp3) is 0.125. The van der Waals surface area contributed by atoms with Gasteiger partial charge in [-0.25, -0.2) is 0 Å². The first-order valence-electron chi connectivity index (χ1n) is 4.53. The Labute approximate surface area is 108 Å². The fourth-order valence-corrected chi connectivity index (χ4v) is 1.97. The average Bonchev–Trinajstić information content (AvgIpc) is 2.27. The predicted molar refractivity (Wildman–Crippen MR) is 62.9 cm³/mol. The van der Waals surface area contributed by atoms with Gasteiger partial charge in [-0.2, -0.15) is 0 Å². The molecular formula is C8H5N3O7S. The lowest BCUT2D eigenvalue weighted by atomic mass is 10.2. The van der Waals surface area contributed by atoms with Gasteiger partial charge in [0.1, 0.15) is 0 Å². The van der Waals surface area contributed by atoms with Crippen LogP contribution in [0.1, 0.15) is 6.92 Å². The van der Waals surface area contributed by atoms with Gasteiger partial charge in [-0.05, 0) is 11.8 Å². The molecule has 0 aliphatic rings.